The number of benzene rings is 2. The molecule has 1 N–H and O–H groups in total. The molecular formula is C18H19ClO3. The second-order valence-corrected chi connectivity index (χ2v) is 5.94. The monoisotopic (exact) mass is 318 g/mol. The molecule has 0 aliphatic heterocycles. The number of hydrogen-bond acceptors (Lipinski definition) is 2. The van der Waals surface area contributed by atoms with Gasteiger partial charge in [-0.1, -0.05) is 49.7 Å². The highest BCUT2D eigenvalue weighted by atomic mass is 35.5. The topological polar surface area (TPSA) is 46.5 Å². The van der Waals surface area contributed by atoms with Gasteiger partial charge < -0.3 is 9.84 Å². The van der Waals surface area contributed by atoms with E-state index < -0.39 is 12.1 Å². The number of rotatable bonds is 6. The Hall–Kier alpha value is -2.00. The zero-order chi connectivity index (χ0) is 16.1. The molecule has 0 saturated carbocycles. The predicted molar refractivity (Wildman–Crippen MR) is 87.7 cm³/mol. The average molecular weight is 319 g/mol. The van der Waals surface area contributed by atoms with E-state index in [0.717, 1.165) is 5.56 Å². The summed E-state index contributed by atoms with van der Waals surface area (Å²) in [6.07, 6.45) is -0.609. The van der Waals surface area contributed by atoms with E-state index in [9.17, 15) is 9.90 Å². The molecule has 3 nitrogen and oxygen atoms in total. The highest BCUT2D eigenvalue weighted by Crippen LogP contribution is 2.19. The quantitative estimate of drug-likeness (QED) is 0.850. The summed E-state index contributed by atoms with van der Waals surface area (Å²) in [6, 6.07) is 14.6. The summed E-state index contributed by atoms with van der Waals surface area (Å²) in [5.74, 6) is -0.0341. The Balaban J connectivity index is 2.08. The first-order valence-corrected chi connectivity index (χ1v) is 7.57. The summed E-state index contributed by atoms with van der Waals surface area (Å²) >= 11 is 5.81. The molecule has 0 radical (unpaired) electrons. The van der Waals surface area contributed by atoms with Gasteiger partial charge in [0.25, 0.3) is 0 Å². The van der Waals surface area contributed by atoms with Gasteiger partial charge in [-0.15, -0.1) is 0 Å². The van der Waals surface area contributed by atoms with Crippen molar-refractivity contribution >= 4 is 17.6 Å². The second kappa shape index (κ2) is 7.32. The maximum atomic E-state index is 11.4. The molecule has 0 saturated heterocycles. The van der Waals surface area contributed by atoms with Gasteiger partial charge in [0.15, 0.2) is 6.10 Å². The first-order valence-electron chi connectivity index (χ1n) is 7.19. The van der Waals surface area contributed by atoms with Crippen LogP contribution in [-0.2, 0) is 11.2 Å². The molecular weight excluding hydrogens is 300 g/mol. The zero-order valence-corrected chi connectivity index (χ0v) is 13.4. The number of carboxylic acids is 1. The Morgan fingerprint density at radius 2 is 1.68 bits per heavy atom. The molecule has 4 heteroatoms. The highest BCUT2D eigenvalue weighted by molar-refractivity contribution is 6.30. The minimum absolute atomic E-state index is 0.316. The van der Waals surface area contributed by atoms with Gasteiger partial charge in [0.05, 0.1) is 0 Å². The number of aliphatic carboxylic acids is 1. The lowest BCUT2D eigenvalue weighted by Crippen LogP contribution is -2.29. The van der Waals surface area contributed by atoms with Gasteiger partial charge in [-0.25, -0.2) is 4.79 Å². The lowest BCUT2D eigenvalue weighted by molar-refractivity contribution is -0.145. The molecule has 1 atom stereocenters. The Labute approximate surface area is 135 Å². The van der Waals surface area contributed by atoms with Crippen LogP contribution in [0.1, 0.15) is 30.9 Å². The van der Waals surface area contributed by atoms with Gasteiger partial charge >= 0.3 is 5.97 Å². The van der Waals surface area contributed by atoms with Crippen molar-refractivity contribution in [1.29, 1.82) is 0 Å². The molecule has 22 heavy (non-hydrogen) atoms. The van der Waals surface area contributed by atoms with Gasteiger partial charge in [-0.05, 0) is 41.3 Å². The Kier molecular flexibility index (Phi) is 5.45. The van der Waals surface area contributed by atoms with Crippen molar-refractivity contribution in [3.63, 3.8) is 0 Å². The summed E-state index contributed by atoms with van der Waals surface area (Å²) in [4.78, 5) is 11.4. The van der Waals surface area contributed by atoms with Crippen molar-refractivity contribution in [1.82, 2.24) is 0 Å². The van der Waals surface area contributed by atoms with Gasteiger partial charge in [0, 0.05) is 11.4 Å². The fraction of sp³-hybridized carbons (Fsp3) is 0.278. The molecule has 2 aromatic carbocycles. The van der Waals surface area contributed by atoms with E-state index in [-0.39, 0.29) is 0 Å². The fourth-order valence-corrected chi connectivity index (χ4v) is 2.24. The lowest BCUT2D eigenvalue weighted by atomic mass is 10.00. The van der Waals surface area contributed by atoms with Crippen LogP contribution in [0.3, 0.4) is 0 Å². The minimum atomic E-state index is -0.983. The van der Waals surface area contributed by atoms with Crippen molar-refractivity contribution in [3.8, 4) is 5.75 Å². The number of carbonyl (C=O) groups is 1. The van der Waals surface area contributed by atoms with E-state index in [0.29, 0.717) is 23.1 Å². The van der Waals surface area contributed by atoms with Crippen LogP contribution >= 0.6 is 11.6 Å². The van der Waals surface area contributed by atoms with E-state index in [1.54, 1.807) is 24.3 Å². The SMILES string of the molecule is CC(C)c1ccc(C[C@H](Oc2ccc(Cl)cc2)C(=O)O)cc1. The Bertz CT molecular complexity index is 618. The van der Waals surface area contributed by atoms with Crippen molar-refractivity contribution in [2.45, 2.75) is 32.3 Å². The minimum Gasteiger partial charge on any atom is -0.478 e. The van der Waals surface area contributed by atoms with Crippen molar-refractivity contribution < 1.29 is 14.6 Å². The third-order valence-corrected chi connectivity index (χ3v) is 3.69. The molecule has 0 heterocycles. The molecule has 2 aromatic rings. The van der Waals surface area contributed by atoms with Crippen LogP contribution in [0.5, 0.6) is 5.75 Å². The van der Waals surface area contributed by atoms with E-state index in [2.05, 4.69) is 13.8 Å². The largest absolute Gasteiger partial charge is 0.478 e. The number of hydrogen-bond donors (Lipinski definition) is 1. The van der Waals surface area contributed by atoms with Crippen LogP contribution in [0.2, 0.25) is 5.02 Å². The van der Waals surface area contributed by atoms with Crippen molar-refractivity contribution in [3.05, 3.63) is 64.7 Å². The predicted octanol–water partition coefficient (Wildman–Crippen LogP) is 4.54. The molecule has 0 unspecified atom stereocenters. The normalized spacial score (nSPS) is 12.2. The van der Waals surface area contributed by atoms with Crippen LogP contribution in [0, 0.1) is 0 Å². The van der Waals surface area contributed by atoms with Crippen LogP contribution in [-0.4, -0.2) is 17.2 Å². The molecule has 0 aliphatic rings. The maximum absolute atomic E-state index is 11.4. The summed E-state index contributed by atoms with van der Waals surface area (Å²) < 4.78 is 5.55. The molecule has 0 fully saturated rings. The van der Waals surface area contributed by atoms with Crippen molar-refractivity contribution in [2.24, 2.45) is 0 Å². The number of carboxylic acid groups (broad SMARTS) is 1. The third-order valence-electron chi connectivity index (χ3n) is 3.43. The number of halogens is 1. The summed E-state index contributed by atoms with van der Waals surface area (Å²) in [7, 11) is 0. The van der Waals surface area contributed by atoms with Crippen LogP contribution in [0.25, 0.3) is 0 Å². The molecule has 0 aromatic heterocycles. The van der Waals surface area contributed by atoms with Gasteiger partial charge in [-0.2, -0.15) is 0 Å². The van der Waals surface area contributed by atoms with E-state index in [4.69, 9.17) is 16.3 Å². The Morgan fingerprint density at radius 1 is 1.09 bits per heavy atom. The van der Waals surface area contributed by atoms with E-state index in [1.165, 1.54) is 5.56 Å². The summed E-state index contributed by atoms with van der Waals surface area (Å²) in [5, 5.41) is 9.93. The van der Waals surface area contributed by atoms with Crippen LogP contribution in [0.15, 0.2) is 48.5 Å². The molecule has 0 aliphatic carbocycles. The van der Waals surface area contributed by atoms with Crippen LogP contribution in [0.4, 0.5) is 0 Å². The first-order chi connectivity index (χ1) is 10.5. The molecule has 0 amide bonds. The Morgan fingerprint density at radius 3 is 2.18 bits per heavy atom. The molecule has 116 valence electrons. The smallest absolute Gasteiger partial charge is 0.345 e. The van der Waals surface area contributed by atoms with E-state index >= 15 is 0 Å². The molecule has 2 rings (SSSR count). The summed E-state index contributed by atoms with van der Waals surface area (Å²) in [5.41, 5.74) is 2.17. The standard InChI is InChI=1S/C18H19ClO3/c1-12(2)14-5-3-13(4-6-14)11-17(18(20)21)22-16-9-7-15(19)8-10-16/h3-10,12,17H,11H2,1-2H3,(H,20,21)/t17-/m0/s1. The maximum Gasteiger partial charge on any atom is 0.345 e. The van der Waals surface area contributed by atoms with Crippen LogP contribution < -0.4 is 4.74 Å². The van der Waals surface area contributed by atoms with Gasteiger partial charge in [0.2, 0.25) is 0 Å². The van der Waals surface area contributed by atoms with E-state index in [1.807, 2.05) is 24.3 Å². The summed E-state index contributed by atoms with van der Waals surface area (Å²) in [6.45, 7) is 4.25. The number of ether oxygens (including phenoxy) is 1. The highest BCUT2D eigenvalue weighted by Gasteiger charge is 2.20. The zero-order valence-electron chi connectivity index (χ0n) is 12.6. The molecule has 0 spiro atoms. The van der Waals surface area contributed by atoms with Gasteiger partial charge in [-0.3, -0.25) is 0 Å². The third kappa shape index (κ3) is 4.50. The fourth-order valence-electron chi connectivity index (χ4n) is 2.11. The average Bonchev–Trinajstić information content (AvgIpc) is 2.49. The van der Waals surface area contributed by atoms with Crippen molar-refractivity contribution in [2.75, 3.05) is 0 Å². The second-order valence-electron chi connectivity index (χ2n) is 5.50. The first kappa shape index (κ1) is 16.4. The van der Waals surface area contributed by atoms with Gasteiger partial charge in [0.1, 0.15) is 5.75 Å². The molecule has 0 bridgehead atoms. The lowest BCUT2D eigenvalue weighted by Gasteiger charge is -2.16.